The lowest BCUT2D eigenvalue weighted by atomic mass is 9.73. The Balaban J connectivity index is 1.61. The Bertz CT molecular complexity index is 1770. The summed E-state index contributed by atoms with van der Waals surface area (Å²) in [5, 5.41) is 33.4. The van der Waals surface area contributed by atoms with E-state index in [1.54, 1.807) is 0 Å². The van der Waals surface area contributed by atoms with Gasteiger partial charge in [0.25, 0.3) is 5.56 Å². The zero-order chi connectivity index (χ0) is 27.4. The van der Waals surface area contributed by atoms with Crippen LogP contribution in [0.2, 0.25) is 0 Å². The summed E-state index contributed by atoms with van der Waals surface area (Å²) in [6, 6.07) is 1.34. The number of hydrogen-bond donors (Lipinski definition) is 4. The molecule has 4 aliphatic rings. The van der Waals surface area contributed by atoms with Crippen molar-refractivity contribution < 1.29 is 44.0 Å². The second-order valence-electron chi connectivity index (χ2n) is 9.45. The molecule has 4 N–H and O–H groups in total. The predicted octanol–water partition coefficient (Wildman–Crippen LogP) is 0.926. The lowest BCUT2D eigenvalue weighted by Gasteiger charge is -2.31. The molecule has 0 saturated heterocycles. The van der Waals surface area contributed by atoms with Crippen molar-refractivity contribution >= 4 is 56.1 Å². The molecule has 0 fully saturated rings. The molecule has 38 heavy (non-hydrogen) atoms. The number of phenols is 1. The normalized spacial score (nSPS) is 26.2. The molecule has 0 aliphatic heterocycles. The molecule has 0 saturated carbocycles. The fourth-order valence-electron chi connectivity index (χ4n) is 6.21. The molecule has 0 amide bonds. The van der Waals surface area contributed by atoms with Crippen molar-refractivity contribution in [3.05, 3.63) is 72.0 Å². The van der Waals surface area contributed by atoms with E-state index in [0.717, 1.165) is 13.2 Å². The number of allylic oxidation sites excluding steroid dienone is 3. The predicted molar refractivity (Wildman–Crippen MR) is 131 cm³/mol. The summed E-state index contributed by atoms with van der Waals surface area (Å²) in [4.78, 5) is 80.1. The van der Waals surface area contributed by atoms with Crippen LogP contribution in [-0.4, -0.2) is 62.9 Å². The summed E-state index contributed by atoms with van der Waals surface area (Å²) >= 11 is 3.38. The number of pyridine rings is 1. The third kappa shape index (κ3) is 2.60. The first-order chi connectivity index (χ1) is 18.0. The second-order valence-corrected chi connectivity index (χ2v) is 10.2. The zero-order valence-electron chi connectivity index (χ0n) is 19.4. The van der Waals surface area contributed by atoms with E-state index in [1.165, 1.54) is 6.07 Å². The van der Waals surface area contributed by atoms with E-state index >= 15 is 0 Å². The molecule has 12 heteroatoms. The summed E-state index contributed by atoms with van der Waals surface area (Å²) in [7, 11) is 1.14. The molecule has 1 heterocycles. The number of fused-ring (bicyclic) bond motifs is 4. The zero-order valence-corrected chi connectivity index (χ0v) is 21.0. The largest absolute Gasteiger partial charge is 0.507 e. The number of ether oxygens (including phenoxy) is 1. The van der Waals surface area contributed by atoms with E-state index in [0.29, 0.717) is 11.8 Å². The van der Waals surface area contributed by atoms with Crippen LogP contribution in [0.5, 0.6) is 5.75 Å². The first kappa shape index (κ1) is 24.2. The summed E-state index contributed by atoms with van der Waals surface area (Å²) < 4.78 is 5.20. The van der Waals surface area contributed by atoms with Crippen LogP contribution in [0.25, 0.3) is 10.8 Å². The van der Waals surface area contributed by atoms with Gasteiger partial charge in [0.2, 0.25) is 5.78 Å². The number of aliphatic hydroxyl groups is 2. The van der Waals surface area contributed by atoms with Gasteiger partial charge in [0.1, 0.15) is 16.9 Å². The minimum absolute atomic E-state index is 0.0546. The van der Waals surface area contributed by atoms with Crippen molar-refractivity contribution in [1.29, 1.82) is 0 Å². The number of aromatic amines is 1. The quantitative estimate of drug-likeness (QED) is 0.293. The van der Waals surface area contributed by atoms with Gasteiger partial charge in [0.05, 0.1) is 41.4 Å². The Morgan fingerprint density at radius 1 is 1.13 bits per heavy atom. The van der Waals surface area contributed by atoms with Crippen molar-refractivity contribution in [3.63, 3.8) is 0 Å². The average molecular weight is 582 g/mol. The number of carbonyl (C=O) groups is 5. The van der Waals surface area contributed by atoms with Crippen molar-refractivity contribution in [3.8, 4) is 5.75 Å². The number of hydrogen-bond acceptors (Lipinski definition) is 10. The topological polar surface area (TPSA) is 188 Å². The molecule has 6 rings (SSSR count). The maximum Gasteiger partial charge on any atom is 0.260 e. The van der Waals surface area contributed by atoms with Crippen LogP contribution in [0, 0.1) is 5.92 Å². The molecule has 3 atom stereocenters. The molecule has 2 aromatic rings. The lowest BCUT2D eigenvalue weighted by Crippen LogP contribution is -2.43. The van der Waals surface area contributed by atoms with Crippen LogP contribution in [0.15, 0.2) is 49.6 Å². The number of phenolic OH excluding ortho intramolecular Hbond substituents is 1. The third-order valence-electron chi connectivity index (χ3n) is 7.84. The number of methoxy groups -OCH3 is 1. The summed E-state index contributed by atoms with van der Waals surface area (Å²) in [6.07, 6.45) is -0.803. The van der Waals surface area contributed by atoms with E-state index in [4.69, 9.17) is 4.74 Å². The van der Waals surface area contributed by atoms with E-state index in [9.17, 15) is 44.1 Å². The smallest absolute Gasteiger partial charge is 0.260 e. The lowest BCUT2D eigenvalue weighted by molar-refractivity contribution is -0.129. The highest BCUT2D eigenvalue weighted by Gasteiger charge is 2.65. The van der Waals surface area contributed by atoms with Crippen molar-refractivity contribution in [2.45, 2.75) is 24.4 Å². The standard InChI is InChI=1S/C26H16BrNO10/c1-38-11-5-10(30)13-14(19(11)31)21(33)16-15(20(13)32)23(35)26(24(16)36)3-2-8-17(26)22(34)12-9(18(8)27)4-7(6-29)28-25(12)37/h4-6,14,21,32-34H,2-3H2,1H3,(H,28,37). The Hall–Kier alpha value is -4.16. The number of Topliss-reactive ketones (excluding diaryl/α,β-unsaturated/α-hetero) is 3. The number of carbonyl (C=O) groups excluding carboxylic acids is 5. The molecule has 192 valence electrons. The number of aliphatic hydroxyl groups excluding tert-OH is 2. The minimum atomic E-state index is -2.12. The Labute approximate surface area is 220 Å². The fraction of sp³-hybridized carbons (Fsp3) is 0.231. The van der Waals surface area contributed by atoms with Gasteiger partial charge in [-0.3, -0.25) is 28.8 Å². The molecule has 1 aromatic carbocycles. The molecule has 4 aliphatic carbocycles. The number of nitrogens with one attached hydrogen (secondary N) is 1. The number of rotatable bonds is 2. The second kappa shape index (κ2) is 7.68. The number of halogens is 1. The molecule has 1 spiro atoms. The van der Waals surface area contributed by atoms with Gasteiger partial charge >= 0.3 is 0 Å². The Kier molecular flexibility index (Phi) is 4.89. The number of benzene rings is 1. The molecule has 0 radical (unpaired) electrons. The highest BCUT2D eigenvalue weighted by atomic mass is 79.9. The van der Waals surface area contributed by atoms with Crippen LogP contribution in [0.1, 0.15) is 28.0 Å². The third-order valence-corrected chi connectivity index (χ3v) is 8.74. The maximum absolute atomic E-state index is 14.0. The van der Waals surface area contributed by atoms with Crippen molar-refractivity contribution in [1.82, 2.24) is 4.98 Å². The summed E-state index contributed by atoms with van der Waals surface area (Å²) in [5.74, 6) is -7.24. The minimum Gasteiger partial charge on any atom is -0.507 e. The van der Waals surface area contributed by atoms with Crippen LogP contribution in [0.4, 0.5) is 0 Å². The molecule has 1 aromatic heterocycles. The molecule has 0 bridgehead atoms. The van der Waals surface area contributed by atoms with E-state index in [1.807, 2.05) is 0 Å². The van der Waals surface area contributed by atoms with Gasteiger partial charge in [-0.05, 0) is 40.4 Å². The first-order valence-electron chi connectivity index (χ1n) is 11.4. The molecular formula is C26H16BrNO10. The molecule has 11 nitrogen and oxygen atoms in total. The van der Waals surface area contributed by atoms with E-state index in [-0.39, 0.29) is 45.1 Å². The monoisotopic (exact) mass is 581 g/mol. The summed E-state index contributed by atoms with van der Waals surface area (Å²) in [6.45, 7) is 0. The number of H-pyrrole nitrogens is 1. The van der Waals surface area contributed by atoms with E-state index in [2.05, 4.69) is 20.9 Å². The van der Waals surface area contributed by atoms with Gasteiger partial charge in [-0.15, -0.1) is 0 Å². The number of ketones is 4. The number of aromatic nitrogens is 1. The van der Waals surface area contributed by atoms with Crippen LogP contribution in [0.3, 0.4) is 0 Å². The van der Waals surface area contributed by atoms with Crippen LogP contribution >= 0.6 is 15.9 Å². The number of aromatic hydroxyl groups is 1. The van der Waals surface area contributed by atoms with Crippen molar-refractivity contribution in [2.24, 2.45) is 5.92 Å². The first-order valence-corrected chi connectivity index (χ1v) is 12.2. The average Bonchev–Trinajstić information content (AvgIpc) is 3.40. The van der Waals surface area contributed by atoms with Gasteiger partial charge in [-0.2, -0.15) is 0 Å². The van der Waals surface area contributed by atoms with E-state index < -0.39 is 74.4 Å². The van der Waals surface area contributed by atoms with Gasteiger partial charge in [0, 0.05) is 27.1 Å². The maximum atomic E-state index is 14.0. The van der Waals surface area contributed by atoms with Gasteiger partial charge in [0.15, 0.2) is 29.4 Å². The Morgan fingerprint density at radius 3 is 2.50 bits per heavy atom. The number of aldehydes is 1. The van der Waals surface area contributed by atoms with Crippen LogP contribution < -0.4 is 5.56 Å². The highest BCUT2D eigenvalue weighted by molar-refractivity contribution is 9.10. The fourth-order valence-corrected chi connectivity index (χ4v) is 6.92. The van der Waals surface area contributed by atoms with Gasteiger partial charge in [-0.1, -0.05) is 0 Å². The summed E-state index contributed by atoms with van der Waals surface area (Å²) in [5.41, 5.74) is -4.54. The highest BCUT2D eigenvalue weighted by Crippen LogP contribution is 2.57. The SMILES string of the molecule is COC1=CC(=O)C2=C(O)C3=C(C(=O)C4(CCc5c4c(O)c4c(=O)[nH]c(C=O)cc4c5Br)C3=O)C(O)C2C1=O. The van der Waals surface area contributed by atoms with Gasteiger partial charge in [-0.25, -0.2) is 0 Å². The van der Waals surface area contributed by atoms with Crippen LogP contribution in [-0.2, 0) is 35.8 Å². The Morgan fingerprint density at radius 2 is 1.84 bits per heavy atom. The van der Waals surface area contributed by atoms with Crippen molar-refractivity contribution in [2.75, 3.05) is 7.11 Å². The molecular weight excluding hydrogens is 566 g/mol. The molecule has 3 unspecified atom stereocenters. The van der Waals surface area contributed by atoms with Gasteiger partial charge < -0.3 is 25.0 Å².